The highest BCUT2D eigenvalue weighted by Gasteiger charge is 2.64. The van der Waals surface area contributed by atoms with Gasteiger partial charge < -0.3 is 9.64 Å². The Labute approximate surface area is 211 Å². The molecule has 0 aromatic heterocycles. The van der Waals surface area contributed by atoms with E-state index in [4.69, 9.17) is 4.74 Å². The van der Waals surface area contributed by atoms with E-state index in [2.05, 4.69) is 0 Å². The zero-order valence-electron chi connectivity index (χ0n) is 19.7. The van der Waals surface area contributed by atoms with E-state index in [9.17, 15) is 24.5 Å². The van der Waals surface area contributed by atoms with Crippen molar-refractivity contribution in [3.8, 4) is 5.75 Å². The fraction of sp³-hybridized carbons (Fsp3) is 0.179. The summed E-state index contributed by atoms with van der Waals surface area (Å²) in [6.45, 7) is 0. The van der Waals surface area contributed by atoms with E-state index < -0.39 is 40.7 Å². The number of fused-ring (bicyclic) bond motifs is 5. The molecular formula is C28H21N3O6. The van der Waals surface area contributed by atoms with Gasteiger partial charge in [-0.25, -0.2) is 4.90 Å². The summed E-state index contributed by atoms with van der Waals surface area (Å²) in [6.07, 6.45) is 3.76. The topological polar surface area (TPSA) is 110 Å². The van der Waals surface area contributed by atoms with Crippen LogP contribution in [0.15, 0.2) is 78.9 Å². The summed E-state index contributed by atoms with van der Waals surface area (Å²) in [6, 6.07) is 18.5. The fourth-order valence-electron chi connectivity index (χ4n) is 5.79. The molecule has 0 bridgehead atoms. The molecule has 2 fully saturated rings. The Morgan fingerprint density at radius 3 is 2.35 bits per heavy atom. The third-order valence-corrected chi connectivity index (χ3v) is 7.36. The molecule has 0 aliphatic carbocycles. The van der Waals surface area contributed by atoms with E-state index in [-0.39, 0.29) is 22.9 Å². The number of Topliss-reactive ketones (excluding diaryl/α,β-unsaturated/α-hetero) is 1. The van der Waals surface area contributed by atoms with E-state index in [0.29, 0.717) is 5.56 Å². The molecule has 2 amide bonds. The molecular weight excluding hydrogens is 474 g/mol. The average Bonchev–Trinajstić information content (AvgIpc) is 3.40. The van der Waals surface area contributed by atoms with Gasteiger partial charge >= 0.3 is 0 Å². The van der Waals surface area contributed by atoms with Crippen LogP contribution >= 0.6 is 0 Å². The lowest BCUT2D eigenvalue weighted by molar-refractivity contribution is -0.384. The molecule has 2 saturated heterocycles. The van der Waals surface area contributed by atoms with Gasteiger partial charge in [0.05, 0.1) is 29.9 Å². The van der Waals surface area contributed by atoms with E-state index >= 15 is 0 Å². The number of benzene rings is 3. The predicted octanol–water partition coefficient (Wildman–Crippen LogP) is 3.88. The number of amides is 2. The van der Waals surface area contributed by atoms with Crippen LogP contribution in [0, 0.1) is 22.0 Å². The summed E-state index contributed by atoms with van der Waals surface area (Å²) in [5.74, 6) is -3.04. The van der Waals surface area contributed by atoms with Gasteiger partial charge in [-0.15, -0.1) is 0 Å². The number of ether oxygens (including phenoxy) is 1. The number of nitro benzene ring substituents is 1. The van der Waals surface area contributed by atoms with Crippen LogP contribution in [-0.4, -0.2) is 41.7 Å². The number of carbonyl (C=O) groups is 3. The lowest BCUT2D eigenvalue weighted by Crippen LogP contribution is -2.48. The molecule has 184 valence electrons. The Bertz CT molecular complexity index is 1500. The quantitative estimate of drug-likeness (QED) is 0.229. The minimum absolute atomic E-state index is 0.00116. The van der Waals surface area contributed by atoms with Crippen molar-refractivity contribution in [1.82, 2.24) is 0 Å². The van der Waals surface area contributed by atoms with Crippen molar-refractivity contribution in [2.24, 2.45) is 11.8 Å². The smallest absolute Gasteiger partial charge is 0.271 e. The number of nitro groups is 1. The number of hydrogen-bond acceptors (Lipinski definition) is 7. The van der Waals surface area contributed by atoms with E-state index in [1.165, 1.54) is 19.2 Å². The van der Waals surface area contributed by atoms with E-state index in [0.717, 1.165) is 22.2 Å². The molecule has 3 aliphatic heterocycles. The van der Waals surface area contributed by atoms with Crippen LogP contribution in [0.2, 0.25) is 0 Å². The Hall–Kier alpha value is -4.79. The van der Waals surface area contributed by atoms with Crippen molar-refractivity contribution < 1.29 is 24.0 Å². The van der Waals surface area contributed by atoms with E-state index in [1.54, 1.807) is 30.3 Å². The van der Waals surface area contributed by atoms with Crippen LogP contribution in [-0.2, 0) is 9.59 Å². The molecule has 3 aromatic rings. The number of carbonyl (C=O) groups excluding carboxylic acids is 3. The second-order valence-electron chi connectivity index (χ2n) is 9.17. The Balaban J connectivity index is 1.51. The number of ketones is 1. The molecule has 9 heteroatoms. The molecule has 3 aromatic carbocycles. The van der Waals surface area contributed by atoms with Crippen LogP contribution in [0.3, 0.4) is 0 Å². The average molecular weight is 495 g/mol. The van der Waals surface area contributed by atoms with Crippen LogP contribution in [0.25, 0.3) is 6.08 Å². The van der Waals surface area contributed by atoms with Gasteiger partial charge in [-0.05, 0) is 17.7 Å². The number of non-ortho nitro benzene ring substituents is 1. The zero-order chi connectivity index (χ0) is 25.8. The Morgan fingerprint density at radius 2 is 1.62 bits per heavy atom. The summed E-state index contributed by atoms with van der Waals surface area (Å²) in [4.78, 5) is 55.6. The molecule has 6 rings (SSSR count). The molecule has 4 atom stereocenters. The number of methoxy groups -OCH3 is 1. The predicted molar refractivity (Wildman–Crippen MR) is 135 cm³/mol. The molecule has 0 saturated carbocycles. The first-order chi connectivity index (χ1) is 17.9. The first kappa shape index (κ1) is 22.7. The van der Waals surface area contributed by atoms with Gasteiger partial charge in [-0.1, -0.05) is 60.7 Å². The van der Waals surface area contributed by atoms with Crippen molar-refractivity contribution >= 4 is 40.7 Å². The van der Waals surface area contributed by atoms with Gasteiger partial charge in [0.1, 0.15) is 17.5 Å². The second kappa shape index (κ2) is 8.41. The highest BCUT2D eigenvalue weighted by Crippen LogP contribution is 2.51. The highest BCUT2D eigenvalue weighted by molar-refractivity contribution is 6.26. The number of nitrogens with zero attached hydrogens (tertiary/aromatic N) is 3. The molecule has 3 aliphatic rings. The second-order valence-corrected chi connectivity index (χ2v) is 9.17. The standard InChI is InChI=1S/C28H21N3O6/c1-37-22-14-12-18(31(35)36)15-21(22)30-27(33)23-20-13-11-16-7-5-6-10-19(16)29(20)25(24(23)28(30)34)26(32)17-8-3-2-4-9-17/h2-15,20,23-25H,1H3/t20-,23+,24+,25-/m0/s1. The Kier molecular flexibility index (Phi) is 5.15. The first-order valence-corrected chi connectivity index (χ1v) is 11.8. The third-order valence-electron chi connectivity index (χ3n) is 7.36. The van der Waals surface area contributed by atoms with Crippen molar-refractivity contribution in [3.63, 3.8) is 0 Å². The summed E-state index contributed by atoms with van der Waals surface area (Å²) >= 11 is 0. The van der Waals surface area contributed by atoms with Crippen molar-refractivity contribution in [2.45, 2.75) is 12.1 Å². The normalized spacial score (nSPS) is 23.5. The number of imide groups is 1. The third kappa shape index (κ3) is 3.27. The SMILES string of the molecule is COc1ccc([N+](=O)[O-])cc1N1C(=O)[C@@H]2[C@H](C1=O)[C@@H]1C=Cc3ccccc3N1[C@@H]2C(=O)c1ccccc1. The maximum absolute atomic E-state index is 14.0. The lowest BCUT2D eigenvalue weighted by Gasteiger charge is -2.36. The number of rotatable bonds is 5. The lowest BCUT2D eigenvalue weighted by atomic mass is 9.86. The first-order valence-electron chi connectivity index (χ1n) is 11.8. The molecule has 0 radical (unpaired) electrons. The largest absolute Gasteiger partial charge is 0.495 e. The van der Waals surface area contributed by atoms with Crippen molar-refractivity contribution in [2.75, 3.05) is 16.9 Å². The summed E-state index contributed by atoms with van der Waals surface area (Å²) in [5, 5.41) is 11.4. The van der Waals surface area contributed by atoms with Gasteiger partial charge in [0.25, 0.3) is 5.69 Å². The number of anilines is 2. The Morgan fingerprint density at radius 1 is 0.919 bits per heavy atom. The molecule has 0 unspecified atom stereocenters. The molecule has 9 nitrogen and oxygen atoms in total. The van der Waals surface area contributed by atoms with E-state index in [1.807, 2.05) is 41.3 Å². The summed E-state index contributed by atoms with van der Waals surface area (Å²) in [5.41, 5.74) is 1.82. The van der Waals surface area contributed by atoms with Crippen LogP contribution in [0.1, 0.15) is 15.9 Å². The fourth-order valence-corrected chi connectivity index (χ4v) is 5.79. The molecule has 37 heavy (non-hydrogen) atoms. The summed E-state index contributed by atoms with van der Waals surface area (Å²) in [7, 11) is 1.36. The highest BCUT2D eigenvalue weighted by atomic mass is 16.6. The monoisotopic (exact) mass is 495 g/mol. The maximum Gasteiger partial charge on any atom is 0.271 e. The minimum atomic E-state index is -0.981. The molecule has 0 N–H and O–H groups in total. The van der Waals surface area contributed by atoms with Gasteiger partial charge in [-0.3, -0.25) is 24.5 Å². The molecule has 0 spiro atoms. The number of hydrogen-bond donors (Lipinski definition) is 0. The number of para-hydroxylation sites is 1. The van der Waals surface area contributed by atoms with Gasteiger partial charge in [0.2, 0.25) is 11.8 Å². The summed E-state index contributed by atoms with van der Waals surface area (Å²) < 4.78 is 5.35. The van der Waals surface area contributed by atoms with Gasteiger partial charge in [-0.2, -0.15) is 0 Å². The van der Waals surface area contributed by atoms with Crippen LogP contribution < -0.4 is 14.5 Å². The minimum Gasteiger partial charge on any atom is -0.495 e. The van der Waals surface area contributed by atoms with Crippen LogP contribution in [0.5, 0.6) is 5.75 Å². The van der Waals surface area contributed by atoms with Crippen molar-refractivity contribution in [1.29, 1.82) is 0 Å². The van der Waals surface area contributed by atoms with Gasteiger partial charge in [0.15, 0.2) is 5.78 Å². The van der Waals surface area contributed by atoms with Crippen LogP contribution in [0.4, 0.5) is 17.1 Å². The molecule has 3 heterocycles. The zero-order valence-corrected chi connectivity index (χ0v) is 19.7. The maximum atomic E-state index is 14.0. The van der Waals surface area contributed by atoms with Gasteiger partial charge in [0, 0.05) is 23.4 Å². The van der Waals surface area contributed by atoms with Crippen molar-refractivity contribution in [3.05, 3.63) is 100 Å².